The fraction of sp³-hybridized carbons (Fsp3) is 0.286. The quantitative estimate of drug-likeness (QED) is 0.882. The number of benzene rings is 1. The van der Waals surface area contributed by atoms with Gasteiger partial charge in [-0.05, 0) is 17.5 Å². The molecule has 0 bridgehead atoms. The first-order chi connectivity index (χ1) is 9.20. The maximum Gasteiger partial charge on any atom is 0.358 e. The summed E-state index contributed by atoms with van der Waals surface area (Å²) in [5, 5.41) is 23.1. The average molecular weight is 296 g/mol. The summed E-state index contributed by atoms with van der Waals surface area (Å²) in [6.07, 6.45) is 0. The first-order valence-corrected chi connectivity index (χ1v) is 6.31. The summed E-state index contributed by atoms with van der Waals surface area (Å²) in [6.45, 7) is 5.81. The van der Waals surface area contributed by atoms with E-state index in [1.54, 1.807) is 6.07 Å². The van der Waals surface area contributed by atoms with Crippen molar-refractivity contribution >= 4 is 17.6 Å². The maximum atomic E-state index is 10.8. The summed E-state index contributed by atoms with van der Waals surface area (Å²) in [5.41, 5.74) is 0.423. The normalized spacial score (nSPS) is 11.6. The van der Waals surface area contributed by atoms with Crippen molar-refractivity contribution in [2.75, 3.05) is 0 Å². The molecule has 0 spiro atoms. The number of carbonyl (C=O) groups is 1. The molecule has 0 aliphatic rings. The smallest absolute Gasteiger partial charge is 0.358 e. The lowest BCUT2D eigenvalue weighted by molar-refractivity contribution is 0.0686. The fourth-order valence-corrected chi connectivity index (χ4v) is 2.08. The van der Waals surface area contributed by atoms with Crippen LogP contribution in [0.25, 0.3) is 11.3 Å². The van der Waals surface area contributed by atoms with Crippen LogP contribution in [0.3, 0.4) is 0 Å². The average Bonchev–Trinajstić information content (AvgIpc) is 2.79. The second-order valence-electron chi connectivity index (χ2n) is 5.48. The van der Waals surface area contributed by atoms with Gasteiger partial charge in [-0.2, -0.15) is 0 Å². The van der Waals surface area contributed by atoms with Crippen molar-refractivity contribution in [3.8, 4) is 17.1 Å². The summed E-state index contributed by atoms with van der Waals surface area (Å²) in [7, 11) is 0. The molecule has 1 heterocycles. The van der Waals surface area contributed by atoms with Crippen LogP contribution in [0.1, 0.15) is 36.8 Å². The van der Waals surface area contributed by atoms with Gasteiger partial charge in [-0.25, -0.2) is 4.79 Å². The van der Waals surface area contributed by atoms with Crippen molar-refractivity contribution < 1.29 is 19.5 Å². The number of aromatic hydroxyl groups is 1. The number of phenols is 1. The molecule has 20 heavy (non-hydrogen) atoms. The predicted octanol–water partition coefficient (Wildman–Crippen LogP) is 3.70. The largest absolute Gasteiger partial charge is 0.507 e. The van der Waals surface area contributed by atoms with Crippen molar-refractivity contribution in [1.29, 1.82) is 0 Å². The van der Waals surface area contributed by atoms with Gasteiger partial charge in [-0.3, -0.25) is 0 Å². The molecule has 0 radical (unpaired) electrons. The lowest BCUT2D eigenvalue weighted by atomic mass is 9.85. The van der Waals surface area contributed by atoms with Gasteiger partial charge < -0.3 is 14.7 Å². The molecular weight excluding hydrogens is 282 g/mol. The minimum Gasteiger partial charge on any atom is -0.507 e. The monoisotopic (exact) mass is 295 g/mol. The molecule has 0 saturated heterocycles. The molecule has 0 amide bonds. The first kappa shape index (κ1) is 14.4. The van der Waals surface area contributed by atoms with Crippen molar-refractivity contribution in [3.63, 3.8) is 0 Å². The summed E-state index contributed by atoms with van der Waals surface area (Å²) < 4.78 is 4.97. The Labute approximate surface area is 120 Å². The number of nitrogens with zero attached hydrogens (tertiary/aromatic N) is 1. The van der Waals surface area contributed by atoms with Crippen LogP contribution in [0.5, 0.6) is 5.75 Å². The molecule has 0 saturated carbocycles. The Morgan fingerprint density at radius 3 is 2.45 bits per heavy atom. The van der Waals surface area contributed by atoms with Crippen LogP contribution in [0.2, 0.25) is 5.02 Å². The Balaban J connectivity index is 2.62. The molecule has 0 aliphatic carbocycles. The Bertz CT molecular complexity index is 670. The minimum absolute atomic E-state index is 0.00925. The van der Waals surface area contributed by atoms with E-state index in [0.717, 1.165) is 0 Å². The molecule has 6 heteroatoms. The first-order valence-electron chi connectivity index (χ1n) is 5.93. The molecule has 0 aliphatic heterocycles. The van der Waals surface area contributed by atoms with Gasteiger partial charge in [0.1, 0.15) is 5.75 Å². The van der Waals surface area contributed by atoms with Crippen LogP contribution in [-0.4, -0.2) is 21.3 Å². The Morgan fingerprint density at radius 2 is 1.95 bits per heavy atom. The van der Waals surface area contributed by atoms with E-state index in [0.29, 0.717) is 16.1 Å². The van der Waals surface area contributed by atoms with E-state index in [4.69, 9.17) is 21.2 Å². The molecular formula is C14H14ClNO4. The highest BCUT2D eigenvalue weighted by Crippen LogP contribution is 2.40. The van der Waals surface area contributed by atoms with E-state index in [1.165, 1.54) is 12.1 Å². The number of phenolic OH excluding ortho intramolecular Hbond substituents is 1. The molecule has 2 N–H and O–H groups in total. The highest BCUT2D eigenvalue weighted by Gasteiger charge is 2.24. The number of aromatic carboxylic acids is 1. The molecule has 5 nitrogen and oxygen atoms in total. The Kier molecular flexibility index (Phi) is 3.48. The van der Waals surface area contributed by atoms with Crippen LogP contribution in [-0.2, 0) is 5.41 Å². The van der Waals surface area contributed by atoms with Gasteiger partial charge in [0, 0.05) is 16.7 Å². The van der Waals surface area contributed by atoms with Crippen molar-refractivity contribution in [2.45, 2.75) is 26.2 Å². The molecule has 0 atom stereocenters. The van der Waals surface area contributed by atoms with E-state index in [1.807, 2.05) is 20.8 Å². The molecule has 1 aromatic carbocycles. The molecule has 0 unspecified atom stereocenters. The number of rotatable bonds is 2. The highest BCUT2D eigenvalue weighted by atomic mass is 35.5. The zero-order valence-corrected chi connectivity index (χ0v) is 12.0. The summed E-state index contributed by atoms with van der Waals surface area (Å²) in [6, 6.07) is 4.44. The summed E-state index contributed by atoms with van der Waals surface area (Å²) >= 11 is 6.06. The third-order valence-electron chi connectivity index (χ3n) is 2.88. The molecule has 0 fully saturated rings. The van der Waals surface area contributed by atoms with Crippen LogP contribution >= 0.6 is 11.6 Å². The number of halogens is 1. The van der Waals surface area contributed by atoms with Crippen LogP contribution < -0.4 is 0 Å². The van der Waals surface area contributed by atoms with Gasteiger partial charge in [0.2, 0.25) is 0 Å². The van der Waals surface area contributed by atoms with Crippen molar-refractivity contribution in [1.82, 2.24) is 5.16 Å². The molecule has 2 aromatic rings. The minimum atomic E-state index is -1.20. The third kappa shape index (κ3) is 2.63. The lowest BCUT2D eigenvalue weighted by Crippen LogP contribution is -2.11. The standard InChI is InChI=1S/C14H14ClNO4/c1-14(2,3)9-5-7(15)4-8(12(9)17)11-6-10(13(18)19)16-20-11/h4-6,17H,1-3H3,(H,18,19). The van der Waals surface area contributed by atoms with E-state index < -0.39 is 5.97 Å². The van der Waals surface area contributed by atoms with Crippen molar-refractivity contribution in [3.05, 3.63) is 34.5 Å². The Morgan fingerprint density at radius 1 is 1.30 bits per heavy atom. The number of hydrogen-bond acceptors (Lipinski definition) is 4. The van der Waals surface area contributed by atoms with Crippen LogP contribution in [0.4, 0.5) is 0 Å². The zero-order valence-electron chi connectivity index (χ0n) is 11.3. The SMILES string of the molecule is CC(C)(C)c1cc(Cl)cc(-c2cc(C(=O)O)no2)c1O. The highest BCUT2D eigenvalue weighted by molar-refractivity contribution is 6.31. The summed E-state index contributed by atoms with van der Waals surface area (Å²) in [4.78, 5) is 10.8. The third-order valence-corrected chi connectivity index (χ3v) is 3.10. The van der Waals surface area contributed by atoms with E-state index >= 15 is 0 Å². The number of hydrogen-bond donors (Lipinski definition) is 2. The number of carboxylic acids is 1. The molecule has 106 valence electrons. The van der Waals surface area contributed by atoms with Crippen molar-refractivity contribution in [2.24, 2.45) is 0 Å². The topological polar surface area (TPSA) is 83.6 Å². The number of aromatic nitrogens is 1. The predicted molar refractivity (Wildman–Crippen MR) is 74.3 cm³/mol. The Hall–Kier alpha value is -2.01. The van der Waals surface area contributed by atoms with Crippen LogP contribution in [0.15, 0.2) is 22.7 Å². The van der Waals surface area contributed by atoms with Gasteiger partial charge in [0.05, 0.1) is 5.56 Å². The second kappa shape index (κ2) is 4.83. The van der Waals surface area contributed by atoms with Gasteiger partial charge in [0.25, 0.3) is 0 Å². The van der Waals surface area contributed by atoms with Crippen LogP contribution in [0, 0.1) is 0 Å². The zero-order chi connectivity index (χ0) is 15.1. The van der Waals surface area contributed by atoms with E-state index in [-0.39, 0.29) is 22.6 Å². The molecule has 1 aromatic heterocycles. The molecule has 2 rings (SSSR count). The van der Waals surface area contributed by atoms with E-state index in [9.17, 15) is 9.90 Å². The summed E-state index contributed by atoms with van der Waals surface area (Å²) in [5.74, 6) is -1.03. The van der Waals surface area contributed by atoms with Gasteiger partial charge in [-0.15, -0.1) is 0 Å². The maximum absolute atomic E-state index is 10.8. The number of carboxylic acid groups (broad SMARTS) is 1. The fourth-order valence-electron chi connectivity index (χ4n) is 1.86. The van der Waals surface area contributed by atoms with Gasteiger partial charge in [-0.1, -0.05) is 37.5 Å². The van der Waals surface area contributed by atoms with E-state index in [2.05, 4.69) is 5.16 Å². The van der Waals surface area contributed by atoms with Gasteiger partial charge >= 0.3 is 5.97 Å². The second-order valence-corrected chi connectivity index (χ2v) is 5.92. The van der Waals surface area contributed by atoms with Gasteiger partial charge in [0.15, 0.2) is 11.5 Å². The lowest BCUT2D eigenvalue weighted by Gasteiger charge is -2.21.